The van der Waals surface area contributed by atoms with E-state index in [9.17, 15) is 4.79 Å². The molecule has 1 saturated carbocycles. The molecule has 1 heterocycles. The molecule has 3 rings (SSSR count). The van der Waals surface area contributed by atoms with Gasteiger partial charge in [0.05, 0.1) is 0 Å². The Bertz CT molecular complexity index is 668. The molecule has 1 aromatic carbocycles. The van der Waals surface area contributed by atoms with Crippen LogP contribution in [0.15, 0.2) is 40.9 Å². The molecule has 24 heavy (non-hydrogen) atoms. The highest BCUT2D eigenvalue weighted by molar-refractivity contribution is 5.78. The molecular formula is C19H25N3O2. The Balaban J connectivity index is 1.46. The van der Waals surface area contributed by atoms with E-state index >= 15 is 0 Å². The van der Waals surface area contributed by atoms with Crippen LogP contribution in [0, 0.1) is 5.92 Å². The van der Waals surface area contributed by atoms with Crippen molar-refractivity contribution in [2.75, 3.05) is 13.6 Å². The molecule has 5 heteroatoms. The predicted octanol–water partition coefficient (Wildman–Crippen LogP) is 2.86. The minimum absolute atomic E-state index is 0.111. The number of benzene rings is 1. The molecule has 2 N–H and O–H groups in total. The average molecular weight is 327 g/mol. The summed E-state index contributed by atoms with van der Waals surface area (Å²) < 4.78 is 5.41. The number of amides is 1. The maximum absolute atomic E-state index is 12.4. The molecule has 0 radical (unpaired) electrons. The highest BCUT2D eigenvalue weighted by atomic mass is 16.5. The van der Waals surface area contributed by atoms with E-state index in [-0.39, 0.29) is 17.9 Å². The maximum Gasteiger partial charge on any atom is 0.225 e. The average Bonchev–Trinajstić information content (AvgIpc) is 3.24. The van der Waals surface area contributed by atoms with Crippen LogP contribution in [0.2, 0.25) is 0 Å². The van der Waals surface area contributed by atoms with Crippen molar-refractivity contribution in [3.63, 3.8) is 0 Å². The van der Waals surface area contributed by atoms with Crippen molar-refractivity contribution in [1.29, 1.82) is 0 Å². The Morgan fingerprint density at radius 3 is 2.83 bits per heavy atom. The number of nitrogens with zero attached hydrogens (tertiary/aromatic N) is 2. The van der Waals surface area contributed by atoms with E-state index in [4.69, 9.17) is 10.3 Å². The molecular weight excluding hydrogens is 302 g/mol. The van der Waals surface area contributed by atoms with Gasteiger partial charge in [-0.3, -0.25) is 4.79 Å². The summed E-state index contributed by atoms with van der Waals surface area (Å²) in [6.07, 6.45) is 4.36. The van der Waals surface area contributed by atoms with E-state index in [0.717, 1.165) is 55.7 Å². The lowest BCUT2D eigenvalue weighted by Gasteiger charge is -2.20. The van der Waals surface area contributed by atoms with Crippen LogP contribution in [0.4, 0.5) is 0 Å². The summed E-state index contributed by atoms with van der Waals surface area (Å²) in [5, 5.41) is 4.12. The molecule has 0 spiro atoms. The van der Waals surface area contributed by atoms with Crippen LogP contribution in [0.5, 0.6) is 0 Å². The molecule has 1 amide bonds. The topological polar surface area (TPSA) is 72.4 Å². The van der Waals surface area contributed by atoms with Gasteiger partial charge < -0.3 is 15.2 Å². The second-order valence-electron chi connectivity index (χ2n) is 6.68. The van der Waals surface area contributed by atoms with Crippen LogP contribution in [-0.4, -0.2) is 35.6 Å². The van der Waals surface area contributed by atoms with Gasteiger partial charge in [0, 0.05) is 43.6 Å². The third-order valence-electron chi connectivity index (χ3n) is 4.74. The normalized spacial score (nSPS) is 20.2. The first-order valence-corrected chi connectivity index (χ1v) is 8.65. The summed E-state index contributed by atoms with van der Waals surface area (Å²) in [4.78, 5) is 14.2. The zero-order valence-electron chi connectivity index (χ0n) is 14.1. The van der Waals surface area contributed by atoms with Gasteiger partial charge in [0.1, 0.15) is 11.5 Å². The Hall–Kier alpha value is -2.14. The lowest BCUT2D eigenvalue weighted by Crippen LogP contribution is -2.33. The summed E-state index contributed by atoms with van der Waals surface area (Å²) in [5.41, 5.74) is 7.81. The molecule has 1 aliphatic carbocycles. The van der Waals surface area contributed by atoms with Crippen molar-refractivity contribution in [3.8, 4) is 11.3 Å². The van der Waals surface area contributed by atoms with Crippen molar-refractivity contribution >= 4 is 5.91 Å². The van der Waals surface area contributed by atoms with E-state index in [1.807, 2.05) is 48.3 Å². The fourth-order valence-corrected chi connectivity index (χ4v) is 3.33. The van der Waals surface area contributed by atoms with Crippen LogP contribution in [-0.2, 0) is 11.2 Å². The van der Waals surface area contributed by atoms with E-state index in [2.05, 4.69) is 5.16 Å². The zero-order chi connectivity index (χ0) is 16.9. The standard InChI is InChI=1S/C19H25N3O2/c1-22(19(23)15-9-10-16(20)12-15)11-5-8-17-13-18(21-24-17)14-6-3-2-4-7-14/h2-4,6-7,13,15-16H,5,8-12,20H2,1H3. The van der Waals surface area contributed by atoms with Gasteiger partial charge in [-0.05, 0) is 25.7 Å². The quantitative estimate of drug-likeness (QED) is 0.885. The van der Waals surface area contributed by atoms with Gasteiger partial charge in [-0.25, -0.2) is 0 Å². The summed E-state index contributed by atoms with van der Waals surface area (Å²) in [5.74, 6) is 1.20. The molecule has 0 bridgehead atoms. The second-order valence-corrected chi connectivity index (χ2v) is 6.68. The lowest BCUT2D eigenvalue weighted by molar-refractivity contribution is -0.134. The monoisotopic (exact) mass is 327 g/mol. The molecule has 5 nitrogen and oxygen atoms in total. The van der Waals surface area contributed by atoms with Gasteiger partial charge in [0.15, 0.2) is 0 Å². The molecule has 1 aliphatic rings. The fraction of sp³-hybridized carbons (Fsp3) is 0.474. The number of aryl methyl sites for hydroxylation is 1. The highest BCUT2D eigenvalue weighted by Crippen LogP contribution is 2.26. The molecule has 128 valence electrons. The molecule has 2 aromatic rings. The molecule has 1 fully saturated rings. The Morgan fingerprint density at radius 2 is 2.12 bits per heavy atom. The van der Waals surface area contributed by atoms with Crippen molar-refractivity contribution in [3.05, 3.63) is 42.2 Å². The van der Waals surface area contributed by atoms with Crippen LogP contribution in [0.1, 0.15) is 31.4 Å². The fourth-order valence-electron chi connectivity index (χ4n) is 3.33. The SMILES string of the molecule is CN(CCCc1cc(-c2ccccc2)no1)C(=O)C1CCC(N)C1. The predicted molar refractivity (Wildman–Crippen MR) is 93.2 cm³/mol. The van der Waals surface area contributed by atoms with E-state index in [1.54, 1.807) is 0 Å². The molecule has 0 aliphatic heterocycles. The zero-order valence-corrected chi connectivity index (χ0v) is 14.1. The number of aromatic nitrogens is 1. The van der Waals surface area contributed by atoms with Crippen molar-refractivity contribution in [2.24, 2.45) is 11.7 Å². The van der Waals surface area contributed by atoms with Crippen molar-refractivity contribution in [2.45, 2.75) is 38.1 Å². The van der Waals surface area contributed by atoms with E-state index < -0.39 is 0 Å². The minimum Gasteiger partial charge on any atom is -0.361 e. The van der Waals surface area contributed by atoms with Gasteiger partial charge in [-0.2, -0.15) is 0 Å². The number of hydrogen-bond acceptors (Lipinski definition) is 4. The Labute approximate surface area is 142 Å². The van der Waals surface area contributed by atoms with Gasteiger partial charge in [-0.15, -0.1) is 0 Å². The first-order valence-electron chi connectivity index (χ1n) is 8.65. The van der Waals surface area contributed by atoms with Gasteiger partial charge in [0.2, 0.25) is 5.91 Å². The molecule has 2 atom stereocenters. The van der Waals surface area contributed by atoms with E-state index in [1.165, 1.54) is 0 Å². The maximum atomic E-state index is 12.4. The molecule has 1 aromatic heterocycles. The summed E-state index contributed by atoms with van der Waals surface area (Å²) >= 11 is 0. The van der Waals surface area contributed by atoms with E-state index in [0.29, 0.717) is 0 Å². The minimum atomic E-state index is 0.111. The second kappa shape index (κ2) is 7.62. The number of hydrogen-bond donors (Lipinski definition) is 1. The van der Waals surface area contributed by atoms with Gasteiger partial charge in [-0.1, -0.05) is 35.5 Å². The first kappa shape index (κ1) is 16.7. The Kier molecular flexibility index (Phi) is 5.30. The van der Waals surface area contributed by atoms with Crippen molar-refractivity contribution < 1.29 is 9.32 Å². The lowest BCUT2D eigenvalue weighted by atomic mass is 10.1. The van der Waals surface area contributed by atoms with Gasteiger partial charge in [0.25, 0.3) is 0 Å². The number of carbonyl (C=O) groups excluding carboxylic acids is 1. The summed E-state index contributed by atoms with van der Waals surface area (Å²) in [6, 6.07) is 12.2. The van der Waals surface area contributed by atoms with Crippen LogP contribution in [0.25, 0.3) is 11.3 Å². The van der Waals surface area contributed by atoms with Crippen LogP contribution >= 0.6 is 0 Å². The van der Waals surface area contributed by atoms with Gasteiger partial charge >= 0.3 is 0 Å². The molecule has 0 saturated heterocycles. The van der Waals surface area contributed by atoms with Crippen LogP contribution in [0.3, 0.4) is 0 Å². The third-order valence-corrected chi connectivity index (χ3v) is 4.74. The first-order chi connectivity index (χ1) is 11.6. The number of rotatable bonds is 6. The summed E-state index contributed by atoms with van der Waals surface area (Å²) in [7, 11) is 1.88. The third kappa shape index (κ3) is 4.03. The number of nitrogens with two attached hydrogens (primary N) is 1. The van der Waals surface area contributed by atoms with Crippen molar-refractivity contribution in [1.82, 2.24) is 10.1 Å². The summed E-state index contributed by atoms with van der Waals surface area (Å²) in [6.45, 7) is 0.728. The Morgan fingerprint density at radius 1 is 1.33 bits per heavy atom. The van der Waals surface area contributed by atoms with Crippen LogP contribution < -0.4 is 5.73 Å². The number of carbonyl (C=O) groups is 1. The smallest absolute Gasteiger partial charge is 0.225 e. The highest BCUT2D eigenvalue weighted by Gasteiger charge is 2.29. The molecule has 2 unspecified atom stereocenters. The largest absolute Gasteiger partial charge is 0.361 e.